The molecule has 11 heteroatoms. The highest BCUT2D eigenvalue weighted by atomic mass is 32.2. The Labute approximate surface area is 228 Å². The molecule has 0 aliphatic carbocycles. The van der Waals surface area contributed by atoms with Crippen molar-refractivity contribution in [2.24, 2.45) is 17.1 Å². The topological polar surface area (TPSA) is 119 Å². The smallest absolute Gasteiger partial charge is 0.175 e. The largest absolute Gasteiger partial charge is 0.486 e. The normalized spacial score (nSPS) is 27.9. The van der Waals surface area contributed by atoms with Crippen molar-refractivity contribution >= 4 is 23.4 Å². The maximum absolute atomic E-state index is 10.2. The summed E-state index contributed by atoms with van der Waals surface area (Å²) < 4.78 is 17.5. The Balaban J connectivity index is 1.21. The molecule has 206 valence electrons. The number of aryl methyl sites for hydroxylation is 1. The van der Waals surface area contributed by atoms with Crippen LogP contribution in [0.4, 0.5) is 11.6 Å². The van der Waals surface area contributed by atoms with Crippen molar-refractivity contribution in [3.63, 3.8) is 0 Å². The van der Waals surface area contributed by atoms with Crippen molar-refractivity contribution in [3.8, 4) is 5.75 Å². The lowest BCUT2D eigenvalue weighted by molar-refractivity contribution is 0.0973. The number of nitrogens with zero attached hydrogens (tertiary/aromatic N) is 5. The number of fused-ring (bicyclic) bond motifs is 3. The summed E-state index contributed by atoms with van der Waals surface area (Å²) in [5.41, 5.74) is 7.97. The van der Waals surface area contributed by atoms with Crippen molar-refractivity contribution in [1.29, 1.82) is 0 Å². The molecular weight excluding hydrogens is 504 g/mol. The number of hydrogen-bond acceptors (Lipinski definition) is 11. The van der Waals surface area contributed by atoms with E-state index in [9.17, 15) is 5.11 Å². The Morgan fingerprint density at radius 2 is 2.08 bits per heavy atom. The van der Waals surface area contributed by atoms with Gasteiger partial charge in [-0.25, -0.2) is 15.0 Å². The zero-order valence-electron chi connectivity index (χ0n) is 22.4. The number of pyridine rings is 1. The van der Waals surface area contributed by atoms with Crippen LogP contribution in [-0.2, 0) is 16.1 Å². The highest BCUT2D eigenvalue weighted by molar-refractivity contribution is 7.99. The molecule has 0 radical (unpaired) electrons. The Bertz CT molecular complexity index is 1180. The summed E-state index contributed by atoms with van der Waals surface area (Å²) in [6, 6.07) is 2.36. The van der Waals surface area contributed by atoms with E-state index in [0.29, 0.717) is 24.3 Å². The fourth-order valence-corrected chi connectivity index (χ4v) is 7.46. The number of ether oxygens (including phenoxy) is 3. The van der Waals surface area contributed by atoms with Crippen molar-refractivity contribution in [3.05, 3.63) is 23.7 Å². The maximum Gasteiger partial charge on any atom is 0.175 e. The molecule has 2 aromatic heterocycles. The fourth-order valence-electron chi connectivity index (χ4n) is 6.53. The van der Waals surface area contributed by atoms with E-state index in [1.54, 1.807) is 7.11 Å². The number of aromatic nitrogens is 3. The fraction of sp³-hybridized carbons (Fsp3) is 0.667. The summed E-state index contributed by atoms with van der Waals surface area (Å²) in [5, 5.41) is 11.0. The zero-order chi connectivity index (χ0) is 26.4. The summed E-state index contributed by atoms with van der Waals surface area (Å²) >= 11 is 1.52. The number of aliphatic hydroxyl groups is 1. The highest BCUT2D eigenvalue weighted by Crippen LogP contribution is 2.46. The maximum atomic E-state index is 10.2. The number of anilines is 2. The molecule has 0 saturated carbocycles. The van der Waals surface area contributed by atoms with E-state index >= 15 is 0 Å². The van der Waals surface area contributed by atoms with E-state index in [1.165, 1.54) is 11.8 Å². The number of methoxy groups -OCH3 is 1. The van der Waals surface area contributed by atoms with Gasteiger partial charge in [0.15, 0.2) is 17.4 Å². The van der Waals surface area contributed by atoms with Crippen LogP contribution >= 0.6 is 11.8 Å². The third-order valence-electron chi connectivity index (χ3n) is 8.78. The standard InChI is InChI=1S/C27H38N6O4S/c1-16-26(38-21-4-7-29-25-22(21)36-14-19-10-18(13-35-3)11-33(19)25)31-20(12-34)24(30-16)32-8-5-27(6-9-32)15-37-17(2)23(27)28/h4,7,17-19,23,34H,5-6,8-15,28H2,1-3H3/t17-,18?,19-,23+/m0/s1. The molecule has 4 atom stereocenters. The van der Waals surface area contributed by atoms with E-state index in [1.807, 2.05) is 19.2 Å². The molecule has 1 unspecified atom stereocenters. The molecule has 3 saturated heterocycles. The van der Waals surface area contributed by atoms with Crippen molar-refractivity contribution in [2.45, 2.75) is 67.8 Å². The Kier molecular flexibility index (Phi) is 7.15. The van der Waals surface area contributed by atoms with Gasteiger partial charge in [-0.05, 0) is 39.2 Å². The summed E-state index contributed by atoms with van der Waals surface area (Å²) in [5.74, 6) is 2.94. The summed E-state index contributed by atoms with van der Waals surface area (Å²) in [4.78, 5) is 20.1. The molecule has 38 heavy (non-hydrogen) atoms. The van der Waals surface area contributed by atoms with Crippen molar-refractivity contribution in [1.82, 2.24) is 15.0 Å². The first-order valence-electron chi connectivity index (χ1n) is 13.6. The molecule has 0 aromatic carbocycles. The van der Waals surface area contributed by atoms with Crippen LogP contribution in [0.3, 0.4) is 0 Å². The van der Waals surface area contributed by atoms with E-state index in [0.717, 1.165) is 85.1 Å². The molecule has 6 rings (SSSR count). The van der Waals surface area contributed by atoms with Gasteiger partial charge < -0.3 is 34.9 Å². The van der Waals surface area contributed by atoms with Gasteiger partial charge in [-0.1, -0.05) is 11.8 Å². The molecule has 10 nitrogen and oxygen atoms in total. The van der Waals surface area contributed by atoms with Gasteiger partial charge in [-0.2, -0.15) is 0 Å². The van der Waals surface area contributed by atoms with Crippen LogP contribution in [0.1, 0.15) is 37.6 Å². The predicted molar refractivity (Wildman–Crippen MR) is 145 cm³/mol. The van der Waals surface area contributed by atoms with Gasteiger partial charge in [-0.15, -0.1) is 0 Å². The zero-order valence-corrected chi connectivity index (χ0v) is 23.2. The van der Waals surface area contributed by atoms with Gasteiger partial charge in [0.2, 0.25) is 0 Å². The van der Waals surface area contributed by atoms with Crippen LogP contribution in [0, 0.1) is 18.3 Å². The lowest BCUT2D eigenvalue weighted by Gasteiger charge is -2.42. The van der Waals surface area contributed by atoms with Crippen LogP contribution in [-0.4, -0.2) is 84.8 Å². The lowest BCUT2D eigenvalue weighted by atomic mass is 9.73. The van der Waals surface area contributed by atoms with E-state index < -0.39 is 0 Å². The molecule has 0 amide bonds. The third kappa shape index (κ3) is 4.52. The van der Waals surface area contributed by atoms with E-state index in [2.05, 4.69) is 21.7 Å². The van der Waals surface area contributed by atoms with Gasteiger partial charge in [0.1, 0.15) is 17.3 Å². The summed E-state index contributed by atoms with van der Waals surface area (Å²) in [6.07, 6.45) is 4.88. The van der Waals surface area contributed by atoms with Crippen LogP contribution in [0.2, 0.25) is 0 Å². The second-order valence-corrected chi connectivity index (χ2v) is 12.2. The summed E-state index contributed by atoms with van der Waals surface area (Å²) in [7, 11) is 1.76. The summed E-state index contributed by atoms with van der Waals surface area (Å²) in [6.45, 7) is 8.56. The number of piperidine rings is 1. The lowest BCUT2D eigenvalue weighted by Crippen LogP contribution is -2.51. The van der Waals surface area contributed by atoms with E-state index in [-0.39, 0.29) is 24.2 Å². The van der Waals surface area contributed by atoms with Crippen LogP contribution in [0.25, 0.3) is 0 Å². The highest BCUT2D eigenvalue weighted by Gasteiger charge is 2.48. The monoisotopic (exact) mass is 542 g/mol. The van der Waals surface area contributed by atoms with Gasteiger partial charge in [0.05, 0.1) is 42.6 Å². The quantitative estimate of drug-likeness (QED) is 0.560. The average molecular weight is 543 g/mol. The first kappa shape index (κ1) is 26.1. The third-order valence-corrected chi connectivity index (χ3v) is 9.91. The molecule has 3 fully saturated rings. The first-order valence-corrected chi connectivity index (χ1v) is 14.4. The van der Waals surface area contributed by atoms with Gasteiger partial charge >= 0.3 is 0 Å². The van der Waals surface area contributed by atoms with Crippen LogP contribution in [0.15, 0.2) is 22.2 Å². The van der Waals surface area contributed by atoms with Gasteiger partial charge in [-0.3, -0.25) is 0 Å². The number of nitrogens with two attached hydrogens (primary N) is 1. The van der Waals surface area contributed by atoms with Crippen molar-refractivity contribution < 1.29 is 19.3 Å². The van der Waals surface area contributed by atoms with Crippen LogP contribution in [0.5, 0.6) is 5.75 Å². The Morgan fingerprint density at radius 3 is 2.79 bits per heavy atom. The first-order chi connectivity index (χ1) is 18.4. The number of rotatable bonds is 6. The van der Waals surface area contributed by atoms with Gasteiger partial charge in [0.25, 0.3) is 0 Å². The average Bonchev–Trinajstić information content (AvgIpc) is 3.47. The minimum absolute atomic E-state index is 0.0337. The molecule has 2 aromatic rings. The number of hydrogen-bond donors (Lipinski definition) is 2. The molecule has 3 N–H and O–H groups in total. The van der Waals surface area contributed by atoms with Crippen molar-refractivity contribution in [2.75, 3.05) is 56.4 Å². The predicted octanol–water partition coefficient (Wildman–Crippen LogP) is 2.39. The number of aliphatic hydroxyl groups excluding tert-OH is 1. The second kappa shape index (κ2) is 10.4. The van der Waals surface area contributed by atoms with E-state index in [4.69, 9.17) is 29.9 Å². The molecule has 4 aliphatic heterocycles. The van der Waals surface area contributed by atoms with Gasteiger partial charge in [0, 0.05) is 50.3 Å². The molecular formula is C27H38N6O4S. The molecule has 4 aliphatic rings. The molecule has 1 spiro atoms. The molecule has 6 heterocycles. The second-order valence-electron chi connectivity index (χ2n) is 11.2. The Morgan fingerprint density at radius 1 is 1.26 bits per heavy atom. The van der Waals surface area contributed by atoms with Crippen LogP contribution < -0.4 is 20.3 Å². The minimum Gasteiger partial charge on any atom is -0.486 e. The SMILES string of the molecule is COCC1C[C@H]2COc3c(Sc4nc(CO)c(N5CCC6(CC5)CO[C@@H](C)[C@H]6N)nc4C)ccnc3N2C1. The Hall–Kier alpha value is -2.18. The molecule has 0 bridgehead atoms. The minimum atomic E-state index is -0.168.